The first kappa shape index (κ1) is 12.6. The molecule has 18 heavy (non-hydrogen) atoms. The molecule has 92 valence electrons. The van der Waals surface area contributed by atoms with E-state index in [2.05, 4.69) is 38.1 Å². The summed E-state index contributed by atoms with van der Waals surface area (Å²) in [5.41, 5.74) is 4.96. The first-order valence-electron chi connectivity index (χ1n) is 6.13. The Labute approximate surface area is 108 Å². The molecule has 2 rings (SSSR count). The molecule has 0 N–H and O–H groups in total. The number of benzene rings is 2. The summed E-state index contributed by atoms with van der Waals surface area (Å²) in [4.78, 5) is 0. The highest BCUT2D eigenvalue weighted by atomic mass is 19.1. The second-order valence-electron chi connectivity index (χ2n) is 4.59. The van der Waals surface area contributed by atoms with Crippen molar-refractivity contribution in [2.45, 2.75) is 20.3 Å². The summed E-state index contributed by atoms with van der Waals surface area (Å²) in [6.45, 7) is 4.23. The maximum absolute atomic E-state index is 12.7. The SMILES string of the molecule is Cc1ccc(C)c(C/C=C/c2ccc(F)cc2)c1. The minimum atomic E-state index is -0.193. The van der Waals surface area contributed by atoms with E-state index >= 15 is 0 Å². The standard InChI is InChI=1S/C17H17F/c1-13-6-7-14(2)16(12-13)5-3-4-15-8-10-17(18)11-9-15/h3-4,6-12H,5H2,1-2H3/b4-3+. The molecule has 0 aliphatic carbocycles. The lowest BCUT2D eigenvalue weighted by Gasteiger charge is -2.03. The van der Waals surface area contributed by atoms with Crippen molar-refractivity contribution in [1.82, 2.24) is 0 Å². The molecule has 2 aromatic carbocycles. The highest BCUT2D eigenvalue weighted by Gasteiger charge is 1.96. The molecular formula is C17H17F. The maximum Gasteiger partial charge on any atom is 0.123 e. The summed E-state index contributed by atoms with van der Waals surface area (Å²) >= 11 is 0. The summed E-state index contributed by atoms with van der Waals surface area (Å²) in [6.07, 6.45) is 5.06. The van der Waals surface area contributed by atoms with E-state index in [1.54, 1.807) is 12.1 Å². The van der Waals surface area contributed by atoms with Gasteiger partial charge >= 0.3 is 0 Å². The van der Waals surface area contributed by atoms with E-state index in [0.29, 0.717) is 0 Å². The van der Waals surface area contributed by atoms with E-state index in [4.69, 9.17) is 0 Å². The van der Waals surface area contributed by atoms with Crippen molar-refractivity contribution in [3.63, 3.8) is 0 Å². The predicted molar refractivity (Wildman–Crippen MR) is 75.1 cm³/mol. The first-order chi connectivity index (χ1) is 8.65. The van der Waals surface area contributed by atoms with Gasteiger partial charge in [-0.25, -0.2) is 4.39 Å². The third kappa shape index (κ3) is 3.30. The fraction of sp³-hybridized carbons (Fsp3) is 0.176. The number of hydrogen-bond donors (Lipinski definition) is 0. The molecule has 0 aliphatic rings. The van der Waals surface area contributed by atoms with E-state index < -0.39 is 0 Å². The highest BCUT2D eigenvalue weighted by molar-refractivity contribution is 5.49. The lowest BCUT2D eigenvalue weighted by atomic mass is 10.0. The van der Waals surface area contributed by atoms with E-state index in [9.17, 15) is 4.39 Å². The minimum absolute atomic E-state index is 0.193. The van der Waals surface area contributed by atoms with Crippen LogP contribution in [0.15, 0.2) is 48.5 Å². The Hall–Kier alpha value is -1.89. The van der Waals surface area contributed by atoms with Crippen LogP contribution in [-0.4, -0.2) is 0 Å². The molecule has 0 bridgehead atoms. The van der Waals surface area contributed by atoms with Crippen LogP contribution in [0.25, 0.3) is 6.08 Å². The van der Waals surface area contributed by atoms with Crippen molar-refractivity contribution in [2.24, 2.45) is 0 Å². The van der Waals surface area contributed by atoms with Gasteiger partial charge in [-0.3, -0.25) is 0 Å². The largest absolute Gasteiger partial charge is 0.207 e. The average Bonchev–Trinajstić information content (AvgIpc) is 2.36. The lowest BCUT2D eigenvalue weighted by Crippen LogP contribution is -1.88. The quantitative estimate of drug-likeness (QED) is 0.729. The fourth-order valence-electron chi connectivity index (χ4n) is 1.92. The van der Waals surface area contributed by atoms with E-state index in [1.807, 2.05) is 6.08 Å². The molecule has 0 spiro atoms. The number of rotatable bonds is 3. The molecule has 0 unspecified atom stereocenters. The van der Waals surface area contributed by atoms with Crippen LogP contribution in [0.1, 0.15) is 22.3 Å². The molecule has 0 aromatic heterocycles. The monoisotopic (exact) mass is 240 g/mol. The summed E-state index contributed by atoms with van der Waals surface area (Å²) < 4.78 is 12.7. The first-order valence-corrected chi connectivity index (χ1v) is 6.13. The van der Waals surface area contributed by atoms with Crippen LogP contribution < -0.4 is 0 Å². The van der Waals surface area contributed by atoms with Gasteiger partial charge in [0.05, 0.1) is 0 Å². The molecular weight excluding hydrogens is 223 g/mol. The molecule has 1 heteroatoms. The van der Waals surface area contributed by atoms with Crippen molar-refractivity contribution in [3.8, 4) is 0 Å². The zero-order chi connectivity index (χ0) is 13.0. The molecule has 0 atom stereocenters. The van der Waals surface area contributed by atoms with Crippen molar-refractivity contribution in [3.05, 3.63) is 76.6 Å². The van der Waals surface area contributed by atoms with E-state index in [1.165, 1.54) is 28.8 Å². The van der Waals surface area contributed by atoms with Crippen molar-refractivity contribution in [2.75, 3.05) is 0 Å². The van der Waals surface area contributed by atoms with Gasteiger partial charge < -0.3 is 0 Å². The second-order valence-corrected chi connectivity index (χ2v) is 4.59. The Kier molecular flexibility index (Phi) is 3.93. The van der Waals surface area contributed by atoms with Gasteiger partial charge in [-0.2, -0.15) is 0 Å². The number of halogens is 1. The van der Waals surface area contributed by atoms with Gasteiger partial charge in [0, 0.05) is 0 Å². The summed E-state index contributed by atoms with van der Waals surface area (Å²) in [5, 5.41) is 0. The highest BCUT2D eigenvalue weighted by Crippen LogP contribution is 2.13. The van der Waals surface area contributed by atoms with E-state index in [-0.39, 0.29) is 5.82 Å². The van der Waals surface area contributed by atoms with Gasteiger partial charge in [-0.05, 0) is 49.1 Å². The topological polar surface area (TPSA) is 0 Å². The Bertz CT molecular complexity index is 550. The number of hydrogen-bond acceptors (Lipinski definition) is 0. The van der Waals surface area contributed by atoms with Crippen LogP contribution in [0.4, 0.5) is 4.39 Å². The Morgan fingerprint density at radius 3 is 2.44 bits per heavy atom. The number of aryl methyl sites for hydroxylation is 2. The fourth-order valence-corrected chi connectivity index (χ4v) is 1.92. The smallest absolute Gasteiger partial charge is 0.123 e. The minimum Gasteiger partial charge on any atom is -0.207 e. The molecule has 0 fully saturated rings. The van der Waals surface area contributed by atoms with Gasteiger partial charge in [-0.1, -0.05) is 48.0 Å². The van der Waals surface area contributed by atoms with Gasteiger partial charge in [0.1, 0.15) is 5.82 Å². The van der Waals surface area contributed by atoms with Gasteiger partial charge in [0.25, 0.3) is 0 Å². The van der Waals surface area contributed by atoms with Gasteiger partial charge in [0.15, 0.2) is 0 Å². The van der Waals surface area contributed by atoms with Crippen LogP contribution in [0.5, 0.6) is 0 Å². The van der Waals surface area contributed by atoms with Crippen molar-refractivity contribution in [1.29, 1.82) is 0 Å². The maximum atomic E-state index is 12.7. The molecule has 0 nitrogen and oxygen atoms in total. The predicted octanol–water partition coefficient (Wildman–Crippen LogP) is 4.70. The van der Waals surface area contributed by atoms with Crippen molar-refractivity contribution < 1.29 is 4.39 Å². The van der Waals surface area contributed by atoms with Crippen molar-refractivity contribution >= 4 is 6.08 Å². The summed E-state index contributed by atoms with van der Waals surface area (Å²) in [6, 6.07) is 13.0. The zero-order valence-electron chi connectivity index (χ0n) is 10.8. The van der Waals surface area contributed by atoms with Crippen LogP contribution in [0.3, 0.4) is 0 Å². The molecule has 0 saturated carbocycles. The molecule has 2 aromatic rings. The third-order valence-electron chi connectivity index (χ3n) is 3.02. The molecule has 0 radical (unpaired) electrons. The van der Waals surface area contributed by atoms with Gasteiger partial charge in [0.2, 0.25) is 0 Å². The zero-order valence-corrected chi connectivity index (χ0v) is 10.8. The lowest BCUT2D eigenvalue weighted by molar-refractivity contribution is 0.628. The Morgan fingerprint density at radius 2 is 1.72 bits per heavy atom. The Morgan fingerprint density at radius 1 is 1.00 bits per heavy atom. The van der Waals surface area contributed by atoms with Crippen LogP contribution in [-0.2, 0) is 6.42 Å². The molecule has 0 heterocycles. The average molecular weight is 240 g/mol. The molecule has 0 aliphatic heterocycles. The molecule has 0 saturated heterocycles. The molecule has 0 amide bonds. The summed E-state index contributed by atoms with van der Waals surface area (Å²) in [5.74, 6) is -0.193. The van der Waals surface area contributed by atoms with Gasteiger partial charge in [-0.15, -0.1) is 0 Å². The summed E-state index contributed by atoms with van der Waals surface area (Å²) in [7, 11) is 0. The van der Waals surface area contributed by atoms with Crippen LogP contribution >= 0.6 is 0 Å². The van der Waals surface area contributed by atoms with Crippen LogP contribution in [0, 0.1) is 19.7 Å². The third-order valence-corrected chi connectivity index (χ3v) is 3.02. The normalized spacial score (nSPS) is 11.1. The van der Waals surface area contributed by atoms with Crippen LogP contribution in [0.2, 0.25) is 0 Å². The second kappa shape index (κ2) is 5.63. The number of allylic oxidation sites excluding steroid dienone is 1. The Balaban J connectivity index is 2.07. The van der Waals surface area contributed by atoms with E-state index in [0.717, 1.165) is 12.0 Å².